The highest BCUT2D eigenvalue weighted by Gasteiger charge is 2.06. The average Bonchev–Trinajstić information content (AvgIpc) is 1.83. The second-order valence-corrected chi connectivity index (χ2v) is 2.54. The molecule has 0 saturated carbocycles. The summed E-state index contributed by atoms with van der Waals surface area (Å²) in [5.41, 5.74) is 2.49. The van der Waals surface area contributed by atoms with Crippen molar-refractivity contribution in [1.29, 1.82) is 0 Å². The molecule has 1 heteroatoms. The first-order valence-electron chi connectivity index (χ1n) is 3.29. The smallest absolute Gasteiger partial charge is 0.0317 e. The highest BCUT2D eigenvalue weighted by Crippen LogP contribution is 2.16. The number of likely N-dealkylation sites (N-methyl/N-ethyl adjacent to an activating group) is 1. The predicted molar refractivity (Wildman–Crippen MR) is 40.1 cm³/mol. The molecule has 0 aromatic rings. The number of nitrogens with zero attached hydrogens (tertiary/aromatic N) is 1. The molecule has 1 rings (SSSR count). The van der Waals surface area contributed by atoms with Gasteiger partial charge in [-0.15, -0.1) is 0 Å². The maximum Gasteiger partial charge on any atom is 0.0317 e. The van der Waals surface area contributed by atoms with E-state index in [-0.39, 0.29) is 0 Å². The van der Waals surface area contributed by atoms with Gasteiger partial charge >= 0.3 is 0 Å². The Labute approximate surface area is 56.7 Å². The fourth-order valence-corrected chi connectivity index (χ4v) is 1.03. The molecule has 1 heterocycles. The monoisotopic (exact) mass is 123 g/mol. The third kappa shape index (κ3) is 1.15. The van der Waals surface area contributed by atoms with Gasteiger partial charge in [0.2, 0.25) is 0 Å². The van der Waals surface area contributed by atoms with Crippen LogP contribution in [0.1, 0.15) is 13.3 Å². The van der Waals surface area contributed by atoms with Gasteiger partial charge in [-0.3, -0.25) is 0 Å². The maximum atomic E-state index is 3.93. The minimum atomic E-state index is 1.12. The van der Waals surface area contributed by atoms with Crippen LogP contribution in [0, 0.1) is 0 Å². The zero-order valence-electron chi connectivity index (χ0n) is 6.15. The third-order valence-electron chi connectivity index (χ3n) is 1.83. The highest BCUT2D eigenvalue weighted by atomic mass is 15.1. The lowest BCUT2D eigenvalue weighted by atomic mass is 10.1. The molecule has 1 aliphatic rings. The van der Waals surface area contributed by atoms with Gasteiger partial charge in [-0.2, -0.15) is 0 Å². The predicted octanol–water partition coefficient (Wildman–Crippen LogP) is 1.78. The zero-order chi connectivity index (χ0) is 6.85. The number of allylic oxidation sites excluding steroid dienone is 1. The Morgan fingerprint density at radius 2 is 2.33 bits per heavy atom. The van der Waals surface area contributed by atoms with Crippen LogP contribution in [0.4, 0.5) is 0 Å². The van der Waals surface area contributed by atoms with Gasteiger partial charge in [0.25, 0.3) is 0 Å². The molecule has 1 nitrogen and oxygen atoms in total. The van der Waals surface area contributed by atoms with Gasteiger partial charge in [0.1, 0.15) is 0 Å². The molecule has 0 bridgehead atoms. The first-order chi connectivity index (χ1) is 4.22. The Hall–Kier alpha value is -0.720. The van der Waals surface area contributed by atoms with E-state index in [0.717, 1.165) is 6.54 Å². The normalized spacial score (nSPS) is 20.0. The van der Waals surface area contributed by atoms with E-state index >= 15 is 0 Å². The molecular weight excluding hydrogens is 110 g/mol. The molecule has 0 aliphatic carbocycles. The van der Waals surface area contributed by atoms with Gasteiger partial charge in [-0.1, -0.05) is 12.7 Å². The second kappa shape index (κ2) is 2.26. The van der Waals surface area contributed by atoms with Crippen LogP contribution >= 0.6 is 0 Å². The first kappa shape index (κ1) is 6.40. The summed E-state index contributed by atoms with van der Waals surface area (Å²) in [6.07, 6.45) is 3.41. The van der Waals surface area contributed by atoms with E-state index in [1.807, 2.05) is 0 Å². The topological polar surface area (TPSA) is 3.24 Å². The van der Waals surface area contributed by atoms with Gasteiger partial charge < -0.3 is 4.90 Å². The molecule has 0 saturated heterocycles. The van der Waals surface area contributed by atoms with Gasteiger partial charge in [0, 0.05) is 19.3 Å². The first-order valence-corrected chi connectivity index (χ1v) is 3.29. The quantitative estimate of drug-likeness (QED) is 0.474. The van der Waals surface area contributed by atoms with Crippen molar-refractivity contribution < 1.29 is 0 Å². The van der Waals surface area contributed by atoms with Crippen molar-refractivity contribution >= 4 is 0 Å². The Balaban J connectivity index is 2.74. The van der Waals surface area contributed by atoms with Crippen molar-refractivity contribution in [2.45, 2.75) is 13.3 Å². The van der Waals surface area contributed by atoms with Crippen molar-refractivity contribution in [2.75, 3.05) is 13.6 Å². The summed E-state index contributed by atoms with van der Waals surface area (Å²) < 4.78 is 0. The summed E-state index contributed by atoms with van der Waals surface area (Å²) in [6, 6.07) is 0. The Morgan fingerprint density at radius 1 is 1.67 bits per heavy atom. The highest BCUT2D eigenvalue weighted by molar-refractivity contribution is 5.26. The van der Waals surface area contributed by atoms with E-state index in [0.29, 0.717) is 0 Å². The van der Waals surface area contributed by atoms with Crippen LogP contribution in [0.25, 0.3) is 0 Å². The summed E-state index contributed by atoms with van der Waals surface area (Å²) in [5.74, 6) is 0. The number of hydrogen-bond donors (Lipinski definition) is 0. The molecule has 1 aliphatic heterocycles. The lowest BCUT2D eigenvalue weighted by Crippen LogP contribution is -2.21. The van der Waals surface area contributed by atoms with Crippen molar-refractivity contribution in [3.63, 3.8) is 0 Å². The molecule has 0 fully saturated rings. The molecule has 0 unspecified atom stereocenters. The van der Waals surface area contributed by atoms with E-state index in [1.165, 1.54) is 17.7 Å². The summed E-state index contributed by atoms with van der Waals surface area (Å²) in [6.45, 7) is 7.16. The van der Waals surface area contributed by atoms with Gasteiger partial charge in [-0.05, 0) is 18.9 Å². The van der Waals surface area contributed by atoms with Crippen LogP contribution in [0.5, 0.6) is 0 Å². The molecule has 0 atom stereocenters. The SMILES string of the molecule is C=C1C(C)=CCCN1C. The Bertz CT molecular complexity index is 156. The maximum absolute atomic E-state index is 3.93. The van der Waals surface area contributed by atoms with E-state index < -0.39 is 0 Å². The fourth-order valence-electron chi connectivity index (χ4n) is 1.03. The van der Waals surface area contributed by atoms with Crippen LogP contribution in [0.15, 0.2) is 23.9 Å². The average molecular weight is 123 g/mol. The van der Waals surface area contributed by atoms with Crippen LogP contribution in [0.3, 0.4) is 0 Å². The molecular formula is C8H13N. The molecule has 50 valence electrons. The van der Waals surface area contributed by atoms with E-state index in [2.05, 4.69) is 31.5 Å². The molecule has 0 amide bonds. The van der Waals surface area contributed by atoms with Crippen molar-refractivity contribution in [1.82, 2.24) is 4.90 Å². The molecule has 0 spiro atoms. The van der Waals surface area contributed by atoms with E-state index in [4.69, 9.17) is 0 Å². The Kier molecular flexibility index (Phi) is 1.60. The van der Waals surface area contributed by atoms with Crippen LogP contribution in [0.2, 0.25) is 0 Å². The van der Waals surface area contributed by atoms with Crippen molar-refractivity contribution in [3.8, 4) is 0 Å². The van der Waals surface area contributed by atoms with E-state index in [1.54, 1.807) is 0 Å². The summed E-state index contributed by atoms with van der Waals surface area (Å²) >= 11 is 0. The van der Waals surface area contributed by atoms with Gasteiger partial charge in [-0.25, -0.2) is 0 Å². The van der Waals surface area contributed by atoms with Gasteiger partial charge in [0.15, 0.2) is 0 Å². The fraction of sp³-hybridized carbons (Fsp3) is 0.500. The molecule has 0 N–H and O–H groups in total. The third-order valence-corrected chi connectivity index (χ3v) is 1.83. The number of rotatable bonds is 0. The molecule has 9 heavy (non-hydrogen) atoms. The van der Waals surface area contributed by atoms with Crippen LogP contribution in [-0.4, -0.2) is 18.5 Å². The summed E-state index contributed by atoms with van der Waals surface area (Å²) in [7, 11) is 2.08. The minimum absolute atomic E-state index is 1.12. The van der Waals surface area contributed by atoms with Crippen molar-refractivity contribution in [2.24, 2.45) is 0 Å². The molecule has 0 aromatic heterocycles. The largest absolute Gasteiger partial charge is 0.375 e. The van der Waals surface area contributed by atoms with Crippen LogP contribution in [-0.2, 0) is 0 Å². The minimum Gasteiger partial charge on any atom is -0.375 e. The zero-order valence-corrected chi connectivity index (χ0v) is 6.15. The van der Waals surface area contributed by atoms with Gasteiger partial charge in [0.05, 0.1) is 0 Å². The summed E-state index contributed by atoms with van der Waals surface area (Å²) in [4.78, 5) is 2.19. The van der Waals surface area contributed by atoms with Crippen molar-refractivity contribution in [3.05, 3.63) is 23.9 Å². The Morgan fingerprint density at radius 3 is 2.78 bits per heavy atom. The van der Waals surface area contributed by atoms with E-state index in [9.17, 15) is 0 Å². The lowest BCUT2D eigenvalue weighted by Gasteiger charge is -2.25. The molecule has 0 aromatic carbocycles. The second-order valence-electron chi connectivity index (χ2n) is 2.54. The lowest BCUT2D eigenvalue weighted by molar-refractivity contribution is 0.421. The summed E-state index contributed by atoms with van der Waals surface area (Å²) in [5, 5.41) is 0. The van der Waals surface area contributed by atoms with Crippen LogP contribution < -0.4 is 0 Å². The standard InChI is InChI=1S/C8H13N/c1-7-5-4-6-9(3)8(7)2/h5H,2,4,6H2,1,3H3. The molecule has 0 radical (unpaired) electrons. The number of hydrogen-bond acceptors (Lipinski definition) is 1.